The van der Waals surface area contributed by atoms with Crippen LogP contribution in [-0.2, 0) is 24.3 Å². The molecule has 3 rings (SSSR count). The van der Waals surface area contributed by atoms with Crippen LogP contribution in [0.4, 0.5) is 5.69 Å². The predicted octanol–water partition coefficient (Wildman–Crippen LogP) is 3.58. The van der Waals surface area contributed by atoms with Crippen molar-refractivity contribution < 1.29 is 27.5 Å². The first-order chi connectivity index (χ1) is 15.6. The number of piperidine rings is 1. The number of carbonyl (C=O) groups is 3. The van der Waals surface area contributed by atoms with E-state index in [1.807, 2.05) is 0 Å². The summed E-state index contributed by atoms with van der Waals surface area (Å²) >= 11 is 6.04. The van der Waals surface area contributed by atoms with Crippen LogP contribution in [0.25, 0.3) is 0 Å². The van der Waals surface area contributed by atoms with Gasteiger partial charge in [0.25, 0.3) is 5.91 Å². The molecule has 10 heteroatoms. The summed E-state index contributed by atoms with van der Waals surface area (Å²) in [5, 5.41) is 3.12. The van der Waals surface area contributed by atoms with Gasteiger partial charge in [-0.25, -0.2) is 8.42 Å². The SMILES string of the molecule is CC(=O)c1ccc(S(=O)(=O)N2CCCCC2C(=O)OCC(=O)Nc2cccc(Cl)c2C)cc1. The molecule has 1 saturated heterocycles. The number of anilines is 1. The van der Waals surface area contributed by atoms with Gasteiger partial charge in [0.15, 0.2) is 12.4 Å². The molecule has 0 bridgehead atoms. The molecule has 1 fully saturated rings. The normalized spacial score (nSPS) is 16.8. The number of nitrogens with zero attached hydrogens (tertiary/aromatic N) is 1. The number of hydrogen-bond acceptors (Lipinski definition) is 6. The predicted molar refractivity (Wildman–Crippen MR) is 124 cm³/mol. The minimum atomic E-state index is -3.99. The van der Waals surface area contributed by atoms with Gasteiger partial charge in [0.1, 0.15) is 6.04 Å². The highest BCUT2D eigenvalue weighted by Crippen LogP contribution is 2.27. The lowest BCUT2D eigenvalue weighted by Gasteiger charge is -2.33. The summed E-state index contributed by atoms with van der Waals surface area (Å²) in [5.41, 5.74) is 1.57. The van der Waals surface area contributed by atoms with E-state index in [1.54, 1.807) is 25.1 Å². The van der Waals surface area contributed by atoms with Crippen LogP contribution in [0.15, 0.2) is 47.4 Å². The minimum absolute atomic E-state index is 0.0126. The number of Topliss-reactive ketones (excluding diaryl/α,β-unsaturated/α-hetero) is 1. The molecule has 1 atom stereocenters. The van der Waals surface area contributed by atoms with E-state index in [9.17, 15) is 22.8 Å². The Kier molecular flexibility index (Phi) is 7.88. The summed E-state index contributed by atoms with van der Waals surface area (Å²) in [4.78, 5) is 36.4. The second-order valence-corrected chi connectivity index (χ2v) is 10.1. The monoisotopic (exact) mass is 492 g/mol. The standard InChI is InChI=1S/C23H25ClN2O6S/c1-15-19(24)6-5-7-20(15)25-22(28)14-32-23(29)21-8-3-4-13-26(21)33(30,31)18-11-9-17(10-12-18)16(2)27/h5-7,9-12,21H,3-4,8,13-14H2,1-2H3,(H,25,28). The van der Waals surface area contributed by atoms with Crippen LogP contribution in [0.5, 0.6) is 0 Å². The van der Waals surface area contributed by atoms with Crippen molar-refractivity contribution in [2.45, 2.75) is 44.0 Å². The van der Waals surface area contributed by atoms with Crippen molar-refractivity contribution >= 4 is 45.0 Å². The van der Waals surface area contributed by atoms with E-state index in [0.29, 0.717) is 41.1 Å². The van der Waals surface area contributed by atoms with Crippen molar-refractivity contribution in [3.05, 3.63) is 58.6 Å². The Morgan fingerprint density at radius 3 is 2.48 bits per heavy atom. The number of esters is 1. The molecule has 0 radical (unpaired) electrons. The summed E-state index contributed by atoms with van der Waals surface area (Å²) < 4.78 is 32.6. The van der Waals surface area contributed by atoms with E-state index in [1.165, 1.54) is 31.2 Å². The van der Waals surface area contributed by atoms with Gasteiger partial charge >= 0.3 is 5.97 Å². The van der Waals surface area contributed by atoms with E-state index in [2.05, 4.69) is 5.32 Å². The fraction of sp³-hybridized carbons (Fsp3) is 0.348. The fourth-order valence-corrected chi connectivity index (χ4v) is 5.41. The number of ether oxygens (including phenoxy) is 1. The van der Waals surface area contributed by atoms with Gasteiger partial charge in [-0.15, -0.1) is 0 Å². The summed E-state index contributed by atoms with van der Waals surface area (Å²) in [6, 6.07) is 9.60. The summed E-state index contributed by atoms with van der Waals surface area (Å²) in [6.45, 7) is 2.74. The Morgan fingerprint density at radius 2 is 1.82 bits per heavy atom. The molecule has 2 aromatic rings. The highest BCUT2D eigenvalue weighted by molar-refractivity contribution is 7.89. The van der Waals surface area contributed by atoms with E-state index in [-0.39, 0.29) is 17.2 Å². The summed E-state index contributed by atoms with van der Waals surface area (Å²) in [7, 11) is -3.99. The van der Waals surface area contributed by atoms with E-state index < -0.39 is 34.5 Å². The molecule has 1 amide bonds. The van der Waals surface area contributed by atoms with Crippen LogP contribution in [0.1, 0.15) is 42.1 Å². The Labute approximate surface area is 197 Å². The third-order valence-electron chi connectivity index (χ3n) is 5.48. The molecule has 33 heavy (non-hydrogen) atoms. The first kappa shape index (κ1) is 24.9. The molecule has 1 unspecified atom stereocenters. The Bertz CT molecular complexity index is 1160. The van der Waals surface area contributed by atoms with Crippen LogP contribution < -0.4 is 5.32 Å². The number of benzene rings is 2. The smallest absolute Gasteiger partial charge is 0.324 e. The molecule has 0 spiro atoms. The Hall–Kier alpha value is -2.75. The van der Waals surface area contributed by atoms with Gasteiger partial charge in [-0.2, -0.15) is 4.31 Å². The van der Waals surface area contributed by atoms with Crippen molar-refractivity contribution in [3.8, 4) is 0 Å². The first-order valence-electron chi connectivity index (χ1n) is 10.5. The van der Waals surface area contributed by atoms with Crippen LogP contribution in [0.3, 0.4) is 0 Å². The molecule has 1 aliphatic rings. The fourth-order valence-electron chi connectivity index (χ4n) is 3.59. The lowest BCUT2D eigenvalue weighted by atomic mass is 10.1. The van der Waals surface area contributed by atoms with Crippen molar-refractivity contribution in [3.63, 3.8) is 0 Å². The topological polar surface area (TPSA) is 110 Å². The number of nitrogens with one attached hydrogen (secondary N) is 1. The van der Waals surface area contributed by atoms with Crippen molar-refractivity contribution in [2.24, 2.45) is 0 Å². The van der Waals surface area contributed by atoms with E-state index >= 15 is 0 Å². The number of hydrogen-bond donors (Lipinski definition) is 1. The molecule has 1 heterocycles. The highest BCUT2D eigenvalue weighted by atomic mass is 35.5. The summed E-state index contributed by atoms with van der Waals surface area (Å²) in [6.07, 6.45) is 1.55. The van der Waals surface area contributed by atoms with Gasteiger partial charge in [0.05, 0.1) is 4.90 Å². The third-order valence-corrected chi connectivity index (χ3v) is 7.81. The molecule has 8 nitrogen and oxygen atoms in total. The quantitative estimate of drug-likeness (QED) is 0.467. The number of amides is 1. The van der Waals surface area contributed by atoms with Crippen molar-refractivity contribution in [1.29, 1.82) is 0 Å². The zero-order valence-electron chi connectivity index (χ0n) is 18.3. The first-order valence-corrected chi connectivity index (χ1v) is 12.3. The Balaban J connectivity index is 1.68. The molecule has 1 aliphatic heterocycles. The molecule has 0 aliphatic carbocycles. The zero-order chi connectivity index (χ0) is 24.2. The highest BCUT2D eigenvalue weighted by Gasteiger charge is 2.38. The number of halogens is 1. The largest absolute Gasteiger partial charge is 0.454 e. The zero-order valence-corrected chi connectivity index (χ0v) is 19.9. The molecule has 1 N–H and O–H groups in total. The average Bonchev–Trinajstić information content (AvgIpc) is 2.80. The maximum absolute atomic E-state index is 13.2. The van der Waals surface area contributed by atoms with Crippen molar-refractivity contribution in [2.75, 3.05) is 18.5 Å². The number of ketones is 1. The maximum Gasteiger partial charge on any atom is 0.324 e. The number of sulfonamides is 1. The molecule has 176 valence electrons. The van der Waals surface area contributed by atoms with E-state index in [4.69, 9.17) is 16.3 Å². The molecule has 2 aromatic carbocycles. The number of rotatable bonds is 7. The van der Waals surface area contributed by atoms with Gasteiger partial charge in [-0.05, 0) is 62.9 Å². The molecule has 0 saturated carbocycles. The lowest BCUT2D eigenvalue weighted by Crippen LogP contribution is -2.48. The molecule has 0 aromatic heterocycles. The van der Waals surface area contributed by atoms with Crippen LogP contribution in [0.2, 0.25) is 5.02 Å². The maximum atomic E-state index is 13.2. The van der Waals surface area contributed by atoms with Gasteiger partial charge in [-0.1, -0.05) is 29.8 Å². The average molecular weight is 493 g/mol. The van der Waals surface area contributed by atoms with Gasteiger partial charge in [0, 0.05) is 22.8 Å². The van der Waals surface area contributed by atoms with Crippen LogP contribution >= 0.6 is 11.6 Å². The number of carbonyl (C=O) groups excluding carboxylic acids is 3. The Morgan fingerprint density at radius 1 is 1.12 bits per heavy atom. The van der Waals surface area contributed by atoms with Crippen molar-refractivity contribution in [1.82, 2.24) is 4.31 Å². The van der Waals surface area contributed by atoms with Gasteiger partial charge in [-0.3, -0.25) is 14.4 Å². The molecular formula is C23H25ClN2O6S. The van der Waals surface area contributed by atoms with E-state index in [0.717, 1.165) is 4.31 Å². The second kappa shape index (κ2) is 10.5. The third kappa shape index (κ3) is 5.79. The van der Waals surface area contributed by atoms with Crippen LogP contribution in [-0.4, -0.2) is 49.6 Å². The summed E-state index contributed by atoms with van der Waals surface area (Å²) in [5.74, 6) is -1.51. The second-order valence-electron chi connectivity index (χ2n) is 7.78. The van der Waals surface area contributed by atoms with Gasteiger partial charge in [0.2, 0.25) is 10.0 Å². The minimum Gasteiger partial charge on any atom is -0.454 e. The van der Waals surface area contributed by atoms with Gasteiger partial charge < -0.3 is 10.1 Å². The lowest BCUT2D eigenvalue weighted by molar-refractivity contribution is -0.152. The van der Waals surface area contributed by atoms with Crippen LogP contribution in [0, 0.1) is 6.92 Å². The molecular weight excluding hydrogens is 468 g/mol.